The molecule has 0 saturated heterocycles. The number of halogens is 3. The summed E-state index contributed by atoms with van der Waals surface area (Å²) in [5.74, 6) is 0.379. The Hall–Kier alpha value is -0.960. The fraction of sp³-hybridized carbons (Fsp3) is 0.750. The van der Waals surface area contributed by atoms with Crippen LogP contribution in [-0.2, 0) is 4.74 Å². The van der Waals surface area contributed by atoms with Crippen LogP contribution in [0, 0.1) is 0 Å². The topological polar surface area (TPSA) is 66.0 Å². The van der Waals surface area contributed by atoms with Crippen molar-refractivity contribution in [1.82, 2.24) is 14.8 Å². The minimum absolute atomic E-state index is 0.0519. The molecule has 0 radical (unpaired) electrons. The van der Waals surface area contributed by atoms with Gasteiger partial charge in [0.25, 0.3) is 0 Å². The van der Waals surface area contributed by atoms with Crippen LogP contribution in [0.25, 0.3) is 0 Å². The number of nitrogens with zero attached hydrogens (tertiary/aromatic N) is 3. The number of rotatable bonds is 5. The van der Waals surface area contributed by atoms with E-state index in [1.165, 1.54) is 0 Å². The first kappa shape index (κ1) is 14.1. The zero-order chi connectivity index (χ0) is 13.1. The Bertz CT molecular complexity index is 366. The smallest absolute Gasteiger partial charge is 0.368 e. The summed E-state index contributed by atoms with van der Waals surface area (Å²) in [4.78, 5) is 0. The summed E-state index contributed by atoms with van der Waals surface area (Å²) in [6.07, 6.45) is -4.59. The lowest BCUT2D eigenvalue weighted by Crippen LogP contribution is -2.15. The van der Waals surface area contributed by atoms with Gasteiger partial charge in [0.2, 0.25) is 5.95 Å². The third-order valence-corrected chi connectivity index (χ3v) is 2.69. The predicted molar refractivity (Wildman–Crippen MR) is 57.6 cm³/mol. The number of alkyl halides is 3. The van der Waals surface area contributed by atoms with E-state index >= 15 is 0 Å². The monoisotopic (exact) mass is 270 g/mol. The van der Waals surface area contributed by atoms with Crippen LogP contribution in [0.2, 0.25) is 0 Å². The summed E-state index contributed by atoms with van der Waals surface area (Å²) in [5, 5.41) is 7.95. The summed E-state index contributed by atoms with van der Waals surface area (Å²) >= 11 is 1.12. The number of anilines is 1. The molecule has 0 bridgehead atoms. The lowest BCUT2D eigenvalue weighted by molar-refractivity contribution is -0.322. The van der Waals surface area contributed by atoms with E-state index in [1.807, 2.05) is 13.8 Å². The molecule has 98 valence electrons. The summed E-state index contributed by atoms with van der Waals surface area (Å²) < 4.78 is 40.4. The van der Waals surface area contributed by atoms with Gasteiger partial charge in [-0.15, -0.1) is 23.4 Å². The Morgan fingerprint density at radius 3 is 2.59 bits per heavy atom. The third-order valence-electron chi connectivity index (χ3n) is 1.79. The summed E-state index contributed by atoms with van der Waals surface area (Å²) in [6, 6.07) is 0.0519. The van der Waals surface area contributed by atoms with Gasteiger partial charge in [-0.2, -0.15) is 0 Å². The minimum Gasteiger partial charge on any atom is -0.368 e. The molecule has 0 aliphatic heterocycles. The maximum absolute atomic E-state index is 11.7. The largest absolute Gasteiger partial charge is 0.522 e. The Kier molecular flexibility index (Phi) is 4.63. The van der Waals surface area contributed by atoms with Crippen LogP contribution in [0.1, 0.15) is 19.9 Å². The van der Waals surface area contributed by atoms with Crippen molar-refractivity contribution in [1.29, 1.82) is 0 Å². The fourth-order valence-electron chi connectivity index (χ4n) is 1.16. The van der Waals surface area contributed by atoms with Crippen LogP contribution in [0.5, 0.6) is 0 Å². The fourth-order valence-corrected chi connectivity index (χ4v) is 2.05. The van der Waals surface area contributed by atoms with E-state index in [9.17, 15) is 13.2 Å². The van der Waals surface area contributed by atoms with E-state index < -0.39 is 13.0 Å². The van der Waals surface area contributed by atoms with E-state index in [-0.39, 0.29) is 17.7 Å². The average Bonchev–Trinajstić information content (AvgIpc) is 2.53. The second kappa shape index (κ2) is 5.58. The standard InChI is InChI=1S/C8H13F3N4OS/c1-5(2)15-6(12)13-14-7(15)17-4-3-16-8(9,10)11/h5H,3-4H2,1-2H3,(H2,12,13). The highest BCUT2D eigenvalue weighted by atomic mass is 32.2. The molecule has 1 rings (SSSR count). The first-order valence-corrected chi connectivity index (χ1v) is 5.83. The van der Waals surface area contributed by atoms with Crippen molar-refractivity contribution >= 4 is 17.7 Å². The molecule has 5 nitrogen and oxygen atoms in total. The first-order chi connectivity index (χ1) is 7.81. The van der Waals surface area contributed by atoms with E-state index in [0.29, 0.717) is 5.16 Å². The molecule has 0 aliphatic carbocycles. The molecule has 0 spiro atoms. The van der Waals surface area contributed by atoms with Crippen molar-refractivity contribution in [2.75, 3.05) is 18.1 Å². The quantitative estimate of drug-likeness (QED) is 0.655. The third kappa shape index (κ3) is 4.43. The van der Waals surface area contributed by atoms with Crippen LogP contribution in [-0.4, -0.2) is 33.5 Å². The molecule has 17 heavy (non-hydrogen) atoms. The van der Waals surface area contributed by atoms with Gasteiger partial charge in [-0.25, -0.2) is 0 Å². The molecule has 1 aromatic rings. The van der Waals surface area contributed by atoms with Gasteiger partial charge >= 0.3 is 6.36 Å². The number of thioether (sulfide) groups is 1. The molecule has 0 amide bonds. The Balaban J connectivity index is 2.47. The molecule has 1 heterocycles. The number of nitrogen functional groups attached to an aromatic ring is 1. The Morgan fingerprint density at radius 1 is 1.41 bits per heavy atom. The van der Waals surface area contributed by atoms with Crippen LogP contribution in [0.15, 0.2) is 5.16 Å². The van der Waals surface area contributed by atoms with E-state index in [4.69, 9.17) is 5.73 Å². The van der Waals surface area contributed by atoms with Gasteiger partial charge in [-0.05, 0) is 13.8 Å². The maximum atomic E-state index is 11.7. The highest BCUT2D eigenvalue weighted by molar-refractivity contribution is 7.99. The van der Waals surface area contributed by atoms with Gasteiger partial charge in [0.1, 0.15) is 0 Å². The summed E-state index contributed by atoms with van der Waals surface area (Å²) in [5.41, 5.74) is 5.58. The normalized spacial score (nSPS) is 12.4. The lowest BCUT2D eigenvalue weighted by atomic mass is 10.4. The first-order valence-electron chi connectivity index (χ1n) is 4.85. The molecule has 0 fully saturated rings. The van der Waals surface area contributed by atoms with Gasteiger partial charge < -0.3 is 5.73 Å². The molecule has 0 unspecified atom stereocenters. The number of hydrogen-bond donors (Lipinski definition) is 1. The Labute approximate surface area is 101 Å². The van der Waals surface area contributed by atoms with Crippen molar-refractivity contribution in [2.24, 2.45) is 0 Å². The highest BCUT2D eigenvalue weighted by Crippen LogP contribution is 2.23. The van der Waals surface area contributed by atoms with E-state index in [2.05, 4.69) is 14.9 Å². The highest BCUT2D eigenvalue weighted by Gasteiger charge is 2.28. The predicted octanol–water partition coefficient (Wildman–Crippen LogP) is 2.07. The zero-order valence-electron chi connectivity index (χ0n) is 9.36. The van der Waals surface area contributed by atoms with Crippen molar-refractivity contribution < 1.29 is 17.9 Å². The molecule has 0 saturated carbocycles. The van der Waals surface area contributed by atoms with Crippen molar-refractivity contribution in [3.63, 3.8) is 0 Å². The van der Waals surface area contributed by atoms with Gasteiger partial charge in [0.15, 0.2) is 5.16 Å². The molecule has 2 N–H and O–H groups in total. The van der Waals surface area contributed by atoms with Gasteiger partial charge in [0.05, 0.1) is 6.61 Å². The zero-order valence-corrected chi connectivity index (χ0v) is 10.2. The number of hydrogen-bond acceptors (Lipinski definition) is 5. The van der Waals surface area contributed by atoms with Crippen LogP contribution in [0.3, 0.4) is 0 Å². The minimum atomic E-state index is -4.59. The van der Waals surface area contributed by atoms with Crippen molar-refractivity contribution in [2.45, 2.75) is 31.4 Å². The second-order valence-corrected chi connectivity index (χ2v) is 4.51. The van der Waals surface area contributed by atoms with Gasteiger partial charge in [-0.1, -0.05) is 11.8 Å². The van der Waals surface area contributed by atoms with Crippen LogP contribution >= 0.6 is 11.8 Å². The molecular weight excluding hydrogens is 257 g/mol. The summed E-state index contributed by atoms with van der Waals surface area (Å²) in [6.45, 7) is 3.34. The number of nitrogens with two attached hydrogens (primary N) is 1. The van der Waals surface area contributed by atoms with Gasteiger partial charge in [0, 0.05) is 11.8 Å². The molecular formula is C8H13F3N4OS. The summed E-state index contributed by atoms with van der Waals surface area (Å²) in [7, 11) is 0. The number of aromatic nitrogens is 3. The Morgan fingerprint density at radius 2 is 2.06 bits per heavy atom. The maximum Gasteiger partial charge on any atom is 0.522 e. The lowest BCUT2D eigenvalue weighted by Gasteiger charge is -2.11. The molecule has 0 aliphatic rings. The van der Waals surface area contributed by atoms with Crippen molar-refractivity contribution in [3.05, 3.63) is 0 Å². The van der Waals surface area contributed by atoms with Crippen LogP contribution in [0.4, 0.5) is 19.1 Å². The SMILES string of the molecule is CC(C)n1c(N)nnc1SCCOC(F)(F)F. The van der Waals surface area contributed by atoms with Crippen molar-refractivity contribution in [3.8, 4) is 0 Å². The van der Waals surface area contributed by atoms with Gasteiger partial charge in [-0.3, -0.25) is 9.30 Å². The number of ether oxygens (including phenoxy) is 1. The van der Waals surface area contributed by atoms with E-state index in [0.717, 1.165) is 11.8 Å². The van der Waals surface area contributed by atoms with E-state index in [1.54, 1.807) is 4.57 Å². The average molecular weight is 270 g/mol. The van der Waals surface area contributed by atoms with Crippen LogP contribution < -0.4 is 5.73 Å². The molecule has 1 aromatic heterocycles. The molecule has 9 heteroatoms. The molecule has 0 atom stereocenters. The molecule has 0 aromatic carbocycles. The second-order valence-electron chi connectivity index (χ2n) is 3.45.